The quantitative estimate of drug-likeness (QED) is 0.924. The first-order valence-electron chi connectivity index (χ1n) is 8.41. The summed E-state index contributed by atoms with van der Waals surface area (Å²) in [5, 5.41) is 2.85. The van der Waals surface area contributed by atoms with Crippen LogP contribution in [0.3, 0.4) is 0 Å². The smallest absolute Gasteiger partial charge is 0.258 e. The molecule has 0 saturated carbocycles. The van der Waals surface area contributed by atoms with Gasteiger partial charge < -0.3 is 10.2 Å². The minimum Gasteiger partial charge on any atom is -0.326 e. The van der Waals surface area contributed by atoms with Gasteiger partial charge in [-0.1, -0.05) is 31.2 Å². The van der Waals surface area contributed by atoms with Crippen molar-refractivity contribution in [2.24, 2.45) is 0 Å². The van der Waals surface area contributed by atoms with E-state index in [1.807, 2.05) is 36.1 Å². The van der Waals surface area contributed by atoms with Gasteiger partial charge in [0.25, 0.3) is 5.91 Å². The molecule has 1 heterocycles. The molecule has 1 N–H and O–H groups in total. The van der Waals surface area contributed by atoms with Crippen molar-refractivity contribution in [1.82, 2.24) is 0 Å². The van der Waals surface area contributed by atoms with Crippen molar-refractivity contribution in [2.75, 3.05) is 10.2 Å². The lowest BCUT2D eigenvalue weighted by Gasteiger charge is -2.23. The number of para-hydroxylation sites is 1. The standard InChI is InChI=1S/C20H22N2O2/c1-3-7-19(23)21-17-10-6-9-16(13-17)20(24)22-14(2)12-15-8-4-5-11-18(15)22/h4-6,8-11,13-14H,3,7,12H2,1-2H3,(H,21,23). The molecule has 2 amide bonds. The molecule has 24 heavy (non-hydrogen) atoms. The maximum absolute atomic E-state index is 13.0. The highest BCUT2D eigenvalue weighted by Crippen LogP contribution is 2.33. The number of hydrogen-bond acceptors (Lipinski definition) is 2. The van der Waals surface area contributed by atoms with E-state index in [9.17, 15) is 9.59 Å². The number of carbonyl (C=O) groups is 2. The maximum atomic E-state index is 13.0. The average Bonchev–Trinajstić information content (AvgIpc) is 2.90. The number of fused-ring (bicyclic) bond motifs is 1. The van der Waals surface area contributed by atoms with Gasteiger partial charge in [0.2, 0.25) is 5.91 Å². The van der Waals surface area contributed by atoms with Gasteiger partial charge in [0.15, 0.2) is 0 Å². The van der Waals surface area contributed by atoms with Gasteiger partial charge in [-0.3, -0.25) is 9.59 Å². The zero-order valence-electron chi connectivity index (χ0n) is 14.1. The van der Waals surface area contributed by atoms with Crippen LogP contribution in [0.4, 0.5) is 11.4 Å². The summed E-state index contributed by atoms with van der Waals surface area (Å²) < 4.78 is 0. The molecule has 1 unspecified atom stereocenters. The number of rotatable bonds is 4. The monoisotopic (exact) mass is 322 g/mol. The topological polar surface area (TPSA) is 49.4 Å². The molecule has 0 bridgehead atoms. The number of benzene rings is 2. The van der Waals surface area contributed by atoms with Crippen LogP contribution in [0.2, 0.25) is 0 Å². The van der Waals surface area contributed by atoms with E-state index in [1.54, 1.807) is 18.2 Å². The minimum absolute atomic E-state index is 0.0259. The van der Waals surface area contributed by atoms with Crippen molar-refractivity contribution in [3.63, 3.8) is 0 Å². The number of hydrogen-bond donors (Lipinski definition) is 1. The van der Waals surface area contributed by atoms with Crippen molar-refractivity contribution in [3.8, 4) is 0 Å². The summed E-state index contributed by atoms with van der Waals surface area (Å²) in [5.74, 6) is -0.0546. The predicted molar refractivity (Wildman–Crippen MR) is 96.4 cm³/mol. The average molecular weight is 322 g/mol. The fraction of sp³-hybridized carbons (Fsp3) is 0.300. The van der Waals surface area contributed by atoms with Gasteiger partial charge in [-0.15, -0.1) is 0 Å². The molecule has 3 rings (SSSR count). The molecule has 0 aromatic heterocycles. The van der Waals surface area contributed by atoms with E-state index in [4.69, 9.17) is 0 Å². The Morgan fingerprint density at radius 2 is 1.96 bits per heavy atom. The van der Waals surface area contributed by atoms with E-state index in [0.29, 0.717) is 17.7 Å². The molecule has 0 aliphatic carbocycles. The van der Waals surface area contributed by atoms with Gasteiger partial charge in [-0.05, 0) is 49.6 Å². The van der Waals surface area contributed by atoms with E-state index < -0.39 is 0 Å². The Hall–Kier alpha value is -2.62. The van der Waals surface area contributed by atoms with Gasteiger partial charge in [-0.25, -0.2) is 0 Å². The third-order valence-corrected chi connectivity index (χ3v) is 4.30. The number of nitrogens with zero attached hydrogens (tertiary/aromatic N) is 1. The molecule has 124 valence electrons. The summed E-state index contributed by atoms with van der Waals surface area (Å²) >= 11 is 0. The van der Waals surface area contributed by atoms with Crippen LogP contribution in [0.5, 0.6) is 0 Å². The SMILES string of the molecule is CCCC(=O)Nc1cccc(C(=O)N2c3ccccc3CC2C)c1. The summed E-state index contributed by atoms with van der Waals surface area (Å²) in [4.78, 5) is 26.6. The van der Waals surface area contributed by atoms with Crippen LogP contribution < -0.4 is 10.2 Å². The molecule has 1 atom stereocenters. The van der Waals surface area contributed by atoms with Crippen molar-refractivity contribution < 1.29 is 9.59 Å². The van der Waals surface area contributed by atoms with Crippen LogP contribution in [0.25, 0.3) is 0 Å². The molecule has 1 aliphatic heterocycles. The molecule has 4 nitrogen and oxygen atoms in total. The molecule has 1 aliphatic rings. The Balaban J connectivity index is 1.84. The Kier molecular flexibility index (Phi) is 4.65. The molecular formula is C20H22N2O2. The number of carbonyl (C=O) groups excluding carboxylic acids is 2. The summed E-state index contributed by atoms with van der Waals surface area (Å²) in [6.45, 7) is 4.02. The first-order valence-corrected chi connectivity index (χ1v) is 8.41. The third kappa shape index (κ3) is 3.18. The van der Waals surface area contributed by atoms with Crippen LogP contribution in [0, 0.1) is 0 Å². The van der Waals surface area contributed by atoms with Gasteiger partial charge in [0, 0.05) is 29.4 Å². The lowest BCUT2D eigenvalue weighted by atomic mass is 10.1. The zero-order valence-corrected chi connectivity index (χ0v) is 14.1. The van der Waals surface area contributed by atoms with Crippen molar-refractivity contribution in [2.45, 2.75) is 39.2 Å². The molecule has 2 aromatic carbocycles. The fourth-order valence-corrected chi connectivity index (χ4v) is 3.19. The van der Waals surface area contributed by atoms with E-state index in [-0.39, 0.29) is 17.9 Å². The first kappa shape index (κ1) is 16.2. The van der Waals surface area contributed by atoms with Gasteiger partial charge in [-0.2, -0.15) is 0 Å². The fourth-order valence-electron chi connectivity index (χ4n) is 3.19. The Bertz CT molecular complexity index is 770. The van der Waals surface area contributed by atoms with Crippen molar-refractivity contribution in [3.05, 3.63) is 59.7 Å². The Labute approximate surface area is 142 Å². The van der Waals surface area contributed by atoms with Crippen LogP contribution in [-0.2, 0) is 11.2 Å². The molecule has 2 aromatic rings. The molecule has 0 fully saturated rings. The largest absolute Gasteiger partial charge is 0.326 e. The second-order valence-electron chi connectivity index (χ2n) is 6.24. The number of amides is 2. The predicted octanol–water partition coefficient (Wildman–Crippen LogP) is 4.02. The molecule has 4 heteroatoms. The Morgan fingerprint density at radius 3 is 2.75 bits per heavy atom. The molecule has 0 saturated heterocycles. The lowest BCUT2D eigenvalue weighted by Crippen LogP contribution is -2.35. The maximum Gasteiger partial charge on any atom is 0.258 e. The Morgan fingerprint density at radius 1 is 1.17 bits per heavy atom. The molecule has 0 spiro atoms. The van der Waals surface area contributed by atoms with E-state index >= 15 is 0 Å². The number of nitrogens with one attached hydrogen (secondary N) is 1. The highest BCUT2D eigenvalue weighted by molar-refractivity contribution is 6.08. The van der Waals surface area contributed by atoms with E-state index in [0.717, 1.165) is 18.5 Å². The van der Waals surface area contributed by atoms with Crippen LogP contribution in [0.1, 0.15) is 42.6 Å². The summed E-state index contributed by atoms with van der Waals surface area (Å²) in [5.41, 5.74) is 3.44. The third-order valence-electron chi connectivity index (χ3n) is 4.30. The first-order chi connectivity index (χ1) is 11.6. The van der Waals surface area contributed by atoms with Gasteiger partial charge in [0.05, 0.1) is 0 Å². The van der Waals surface area contributed by atoms with Crippen molar-refractivity contribution in [1.29, 1.82) is 0 Å². The van der Waals surface area contributed by atoms with Crippen molar-refractivity contribution >= 4 is 23.2 Å². The van der Waals surface area contributed by atoms with Gasteiger partial charge in [0.1, 0.15) is 0 Å². The minimum atomic E-state index is -0.0287. The highest BCUT2D eigenvalue weighted by atomic mass is 16.2. The summed E-state index contributed by atoms with van der Waals surface area (Å²) in [7, 11) is 0. The molecular weight excluding hydrogens is 300 g/mol. The van der Waals surface area contributed by atoms with E-state index in [1.165, 1.54) is 5.56 Å². The van der Waals surface area contributed by atoms with Crippen LogP contribution >= 0.6 is 0 Å². The van der Waals surface area contributed by atoms with Crippen LogP contribution in [-0.4, -0.2) is 17.9 Å². The molecule has 0 radical (unpaired) electrons. The zero-order chi connectivity index (χ0) is 17.1. The normalized spacial score (nSPS) is 15.9. The summed E-state index contributed by atoms with van der Waals surface area (Å²) in [6, 6.07) is 15.3. The second kappa shape index (κ2) is 6.87. The second-order valence-corrected chi connectivity index (χ2v) is 6.24. The number of anilines is 2. The summed E-state index contributed by atoms with van der Waals surface area (Å²) in [6.07, 6.45) is 2.15. The van der Waals surface area contributed by atoms with E-state index in [2.05, 4.69) is 18.3 Å². The highest BCUT2D eigenvalue weighted by Gasteiger charge is 2.31. The lowest BCUT2D eigenvalue weighted by molar-refractivity contribution is -0.116. The van der Waals surface area contributed by atoms with Gasteiger partial charge >= 0.3 is 0 Å². The van der Waals surface area contributed by atoms with Crippen LogP contribution in [0.15, 0.2) is 48.5 Å².